The molecule has 1 fully saturated rings. The van der Waals surface area contributed by atoms with E-state index < -0.39 is 5.60 Å². The maximum absolute atomic E-state index is 12.0. The lowest BCUT2D eigenvalue weighted by atomic mass is 9.97. The van der Waals surface area contributed by atoms with Gasteiger partial charge in [-0.3, -0.25) is 0 Å². The fourth-order valence-electron chi connectivity index (χ4n) is 2.37. The highest BCUT2D eigenvalue weighted by Crippen LogP contribution is 2.19. The van der Waals surface area contributed by atoms with Crippen molar-refractivity contribution in [3.8, 4) is 0 Å². The lowest BCUT2D eigenvalue weighted by molar-refractivity contribution is 0.0184. The Morgan fingerprint density at radius 1 is 1.32 bits per heavy atom. The van der Waals surface area contributed by atoms with Gasteiger partial charge in [0.25, 0.3) is 0 Å². The predicted molar refractivity (Wildman–Crippen MR) is 92.4 cm³/mol. The first-order valence-electron chi connectivity index (χ1n) is 8.29. The summed E-state index contributed by atoms with van der Waals surface area (Å²) >= 11 is 1.88. The molecular formula is C16H32N2O3S. The van der Waals surface area contributed by atoms with Crippen molar-refractivity contribution < 1.29 is 14.6 Å². The zero-order chi connectivity index (χ0) is 16.4. The topological polar surface area (TPSA) is 61.8 Å². The van der Waals surface area contributed by atoms with Crippen molar-refractivity contribution in [2.45, 2.75) is 45.6 Å². The first kappa shape index (κ1) is 19.6. The van der Waals surface area contributed by atoms with Crippen molar-refractivity contribution in [2.24, 2.45) is 5.92 Å². The fourth-order valence-corrected chi connectivity index (χ4v) is 3.19. The van der Waals surface area contributed by atoms with Crippen molar-refractivity contribution in [2.75, 3.05) is 44.3 Å². The Kier molecular flexibility index (Phi) is 9.21. The first-order chi connectivity index (χ1) is 10.4. The summed E-state index contributed by atoms with van der Waals surface area (Å²) in [6.45, 7) is 9.64. The first-order valence-corrected chi connectivity index (χ1v) is 9.45. The van der Waals surface area contributed by atoms with Crippen LogP contribution in [0.4, 0.5) is 4.79 Å². The second-order valence-corrected chi connectivity index (χ2v) is 8.03. The van der Waals surface area contributed by atoms with E-state index in [9.17, 15) is 4.79 Å². The number of piperidine rings is 1. The zero-order valence-electron chi connectivity index (χ0n) is 14.3. The molecule has 2 N–H and O–H groups in total. The second kappa shape index (κ2) is 10.3. The van der Waals surface area contributed by atoms with Crippen LogP contribution in [0.2, 0.25) is 0 Å². The summed E-state index contributed by atoms with van der Waals surface area (Å²) in [5.74, 6) is 2.78. The lowest BCUT2D eigenvalue weighted by Crippen LogP contribution is -2.43. The van der Waals surface area contributed by atoms with Gasteiger partial charge in [0.2, 0.25) is 0 Å². The molecule has 1 heterocycles. The van der Waals surface area contributed by atoms with E-state index in [4.69, 9.17) is 9.84 Å². The Bertz CT molecular complexity index is 313. The van der Waals surface area contributed by atoms with E-state index in [-0.39, 0.29) is 12.7 Å². The normalized spacial score (nSPS) is 16.8. The minimum atomic E-state index is -0.414. The van der Waals surface area contributed by atoms with Gasteiger partial charge in [-0.05, 0) is 58.2 Å². The van der Waals surface area contributed by atoms with Gasteiger partial charge in [-0.2, -0.15) is 11.8 Å². The van der Waals surface area contributed by atoms with Gasteiger partial charge in [0.05, 0.1) is 0 Å². The highest BCUT2D eigenvalue weighted by molar-refractivity contribution is 7.99. The van der Waals surface area contributed by atoms with E-state index in [1.54, 1.807) is 0 Å². The summed E-state index contributed by atoms with van der Waals surface area (Å²) < 4.78 is 5.41. The molecule has 0 spiro atoms. The van der Waals surface area contributed by atoms with Crippen LogP contribution in [0.3, 0.4) is 0 Å². The minimum absolute atomic E-state index is 0.181. The Hall–Kier alpha value is -0.460. The Labute approximate surface area is 139 Å². The van der Waals surface area contributed by atoms with Gasteiger partial charge in [-0.1, -0.05) is 0 Å². The Morgan fingerprint density at radius 3 is 2.59 bits per heavy atom. The molecule has 6 heteroatoms. The maximum Gasteiger partial charge on any atom is 0.410 e. The molecule has 1 amide bonds. The summed E-state index contributed by atoms with van der Waals surface area (Å²) in [4.78, 5) is 13.8. The molecule has 0 aromatic rings. The van der Waals surface area contributed by atoms with Crippen LogP contribution in [0, 0.1) is 5.92 Å². The van der Waals surface area contributed by atoms with E-state index in [1.807, 2.05) is 37.4 Å². The van der Waals surface area contributed by atoms with Gasteiger partial charge in [0.15, 0.2) is 0 Å². The Morgan fingerprint density at radius 2 is 2.00 bits per heavy atom. The van der Waals surface area contributed by atoms with E-state index >= 15 is 0 Å². The van der Waals surface area contributed by atoms with Gasteiger partial charge in [-0.25, -0.2) is 4.79 Å². The van der Waals surface area contributed by atoms with Crippen LogP contribution in [-0.4, -0.2) is 66.0 Å². The van der Waals surface area contributed by atoms with Crippen LogP contribution in [0.5, 0.6) is 0 Å². The molecule has 0 unspecified atom stereocenters. The van der Waals surface area contributed by atoms with Gasteiger partial charge in [0, 0.05) is 32.0 Å². The van der Waals surface area contributed by atoms with Gasteiger partial charge in [0.1, 0.15) is 5.60 Å². The molecule has 0 aromatic heterocycles. The summed E-state index contributed by atoms with van der Waals surface area (Å²) in [5.41, 5.74) is -0.414. The largest absolute Gasteiger partial charge is 0.444 e. The van der Waals surface area contributed by atoms with Crippen LogP contribution in [-0.2, 0) is 4.74 Å². The number of amides is 1. The molecule has 1 rings (SSSR count). The van der Waals surface area contributed by atoms with Gasteiger partial charge < -0.3 is 20.1 Å². The molecule has 0 saturated carbocycles. The molecule has 0 aliphatic carbocycles. The van der Waals surface area contributed by atoms with E-state index in [0.29, 0.717) is 5.92 Å². The Balaban J connectivity index is 2.06. The van der Waals surface area contributed by atoms with E-state index in [0.717, 1.165) is 56.9 Å². The molecular weight excluding hydrogens is 300 g/mol. The summed E-state index contributed by atoms with van der Waals surface area (Å²) in [5, 5.41) is 12.2. The van der Waals surface area contributed by atoms with Crippen LogP contribution in [0.25, 0.3) is 0 Å². The maximum atomic E-state index is 12.0. The number of hydrogen-bond acceptors (Lipinski definition) is 5. The van der Waals surface area contributed by atoms with E-state index in [1.165, 1.54) is 0 Å². The van der Waals surface area contributed by atoms with Crippen LogP contribution in [0.15, 0.2) is 0 Å². The molecule has 1 aliphatic heterocycles. The fraction of sp³-hybridized carbons (Fsp3) is 0.938. The van der Waals surface area contributed by atoms with Gasteiger partial charge >= 0.3 is 6.09 Å². The molecule has 1 aliphatic rings. The standard InChI is InChI=1S/C16H32N2O3S/c1-16(2,3)21-15(20)18-8-5-14(6-9-18)13-17-7-12-22-11-4-10-19/h14,17,19H,4-13H2,1-3H3. The third kappa shape index (κ3) is 8.86. The van der Waals surface area contributed by atoms with Gasteiger partial charge in [-0.15, -0.1) is 0 Å². The predicted octanol–water partition coefficient (Wildman–Crippen LogP) is 2.34. The van der Waals surface area contributed by atoms with Crippen molar-refractivity contribution in [1.82, 2.24) is 10.2 Å². The number of carbonyl (C=O) groups is 1. The number of rotatable bonds is 8. The highest BCUT2D eigenvalue weighted by atomic mass is 32.2. The summed E-state index contributed by atoms with van der Waals surface area (Å²) in [6, 6.07) is 0. The third-order valence-corrected chi connectivity index (χ3v) is 4.64. The third-order valence-electron chi connectivity index (χ3n) is 3.57. The number of aliphatic hydroxyl groups excluding tert-OH is 1. The number of aliphatic hydroxyl groups is 1. The number of thioether (sulfide) groups is 1. The highest BCUT2D eigenvalue weighted by Gasteiger charge is 2.26. The number of nitrogens with one attached hydrogen (secondary N) is 1. The SMILES string of the molecule is CC(C)(C)OC(=O)N1CCC(CNCCSCCCO)CC1. The molecule has 22 heavy (non-hydrogen) atoms. The average Bonchev–Trinajstić information content (AvgIpc) is 2.45. The quantitative estimate of drug-likeness (QED) is 0.668. The molecule has 0 aromatic carbocycles. The number of ether oxygens (including phenoxy) is 1. The molecule has 0 atom stereocenters. The average molecular weight is 333 g/mol. The van der Waals surface area contributed by atoms with Crippen molar-refractivity contribution >= 4 is 17.9 Å². The lowest BCUT2D eigenvalue weighted by Gasteiger charge is -2.33. The second-order valence-electron chi connectivity index (χ2n) is 6.80. The zero-order valence-corrected chi connectivity index (χ0v) is 15.1. The molecule has 1 saturated heterocycles. The molecule has 5 nitrogen and oxygen atoms in total. The smallest absolute Gasteiger partial charge is 0.410 e. The number of hydrogen-bond donors (Lipinski definition) is 2. The van der Waals surface area contributed by atoms with Crippen molar-refractivity contribution in [3.63, 3.8) is 0 Å². The van der Waals surface area contributed by atoms with Crippen molar-refractivity contribution in [1.29, 1.82) is 0 Å². The van der Waals surface area contributed by atoms with Crippen LogP contribution >= 0.6 is 11.8 Å². The molecule has 130 valence electrons. The summed E-state index contributed by atoms with van der Waals surface area (Å²) in [7, 11) is 0. The van der Waals surface area contributed by atoms with E-state index in [2.05, 4.69) is 5.32 Å². The van der Waals surface area contributed by atoms with Crippen LogP contribution in [0.1, 0.15) is 40.0 Å². The summed E-state index contributed by atoms with van der Waals surface area (Å²) in [6.07, 6.45) is 2.79. The number of likely N-dealkylation sites (tertiary alicyclic amines) is 1. The van der Waals surface area contributed by atoms with Crippen LogP contribution < -0.4 is 5.32 Å². The monoisotopic (exact) mass is 332 g/mol. The van der Waals surface area contributed by atoms with Crippen molar-refractivity contribution in [3.05, 3.63) is 0 Å². The number of nitrogens with zero attached hydrogens (tertiary/aromatic N) is 1. The minimum Gasteiger partial charge on any atom is -0.444 e. The molecule has 0 radical (unpaired) electrons. The molecule has 0 bridgehead atoms. The number of carbonyl (C=O) groups excluding carboxylic acids is 1.